The van der Waals surface area contributed by atoms with Gasteiger partial charge in [-0.3, -0.25) is 14.4 Å². The van der Waals surface area contributed by atoms with Gasteiger partial charge in [-0.15, -0.1) is 0 Å². The van der Waals surface area contributed by atoms with Crippen molar-refractivity contribution in [2.75, 3.05) is 25.0 Å². The Kier molecular flexibility index (Phi) is 6.56. The first-order valence-corrected chi connectivity index (χ1v) is 11.1. The normalized spacial score (nSPS) is 18.9. The number of hydrogen-bond acceptors (Lipinski definition) is 3. The summed E-state index contributed by atoms with van der Waals surface area (Å²) in [7, 11) is 0. The summed E-state index contributed by atoms with van der Waals surface area (Å²) in [5, 5.41) is 3.58. The molecule has 3 amide bonds. The van der Waals surface area contributed by atoms with E-state index < -0.39 is 0 Å². The summed E-state index contributed by atoms with van der Waals surface area (Å²) in [6.45, 7) is 2.39. The fraction of sp³-hybridized carbons (Fsp3) is 0.375. The molecule has 2 saturated heterocycles. The van der Waals surface area contributed by atoms with Crippen LogP contribution in [0, 0.1) is 5.92 Å². The van der Waals surface area contributed by atoms with Gasteiger partial charge in [-0.1, -0.05) is 23.7 Å². The second-order valence-electron chi connectivity index (χ2n) is 8.21. The number of likely N-dealkylation sites (tertiary alicyclic amines) is 2. The zero-order valence-corrected chi connectivity index (χ0v) is 18.1. The van der Waals surface area contributed by atoms with Gasteiger partial charge in [0, 0.05) is 48.9 Å². The van der Waals surface area contributed by atoms with E-state index in [9.17, 15) is 14.4 Å². The van der Waals surface area contributed by atoms with Crippen molar-refractivity contribution in [3.05, 3.63) is 64.7 Å². The molecular weight excluding hydrogens is 414 g/mol. The monoisotopic (exact) mass is 439 g/mol. The lowest BCUT2D eigenvalue weighted by Crippen LogP contribution is -2.43. The molecule has 0 bridgehead atoms. The number of piperidine rings is 1. The van der Waals surface area contributed by atoms with E-state index in [4.69, 9.17) is 11.6 Å². The van der Waals surface area contributed by atoms with E-state index in [1.807, 2.05) is 29.2 Å². The summed E-state index contributed by atoms with van der Waals surface area (Å²) < 4.78 is 0. The summed E-state index contributed by atoms with van der Waals surface area (Å²) >= 11 is 5.91. The molecule has 6 nitrogen and oxygen atoms in total. The molecule has 4 rings (SSSR count). The number of rotatable bonds is 5. The third kappa shape index (κ3) is 5.25. The average molecular weight is 440 g/mol. The molecule has 2 aromatic carbocycles. The Morgan fingerprint density at radius 2 is 1.87 bits per heavy atom. The Morgan fingerprint density at radius 3 is 2.61 bits per heavy atom. The second kappa shape index (κ2) is 9.52. The third-order valence-corrected chi connectivity index (χ3v) is 6.16. The predicted octanol–water partition coefficient (Wildman–Crippen LogP) is 3.95. The van der Waals surface area contributed by atoms with Crippen LogP contribution >= 0.6 is 11.6 Å². The highest BCUT2D eigenvalue weighted by Crippen LogP contribution is 2.22. The van der Waals surface area contributed by atoms with E-state index in [0.717, 1.165) is 37.1 Å². The minimum Gasteiger partial charge on any atom is -0.338 e. The predicted molar refractivity (Wildman–Crippen MR) is 120 cm³/mol. The van der Waals surface area contributed by atoms with Gasteiger partial charge in [0.15, 0.2) is 0 Å². The van der Waals surface area contributed by atoms with Crippen LogP contribution in [0.25, 0.3) is 0 Å². The summed E-state index contributed by atoms with van der Waals surface area (Å²) in [4.78, 5) is 41.1. The van der Waals surface area contributed by atoms with Crippen LogP contribution in [0.2, 0.25) is 5.02 Å². The SMILES string of the molecule is O=C(Nc1cccc(CN2CCCC2=O)c1)C1CCCN(C(=O)c2ccc(Cl)cc2)C1. The molecule has 2 fully saturated rings. The highest BCUT2D eigenvalue weighted by molar-refractivity contribution is 6.30. The highest BCUT2D eigenvalue weighted by Gasteiger charge is 2.29. The van der Waals surface area contributed by atoms with Gasteiger partial charge in [-0.05, 0) is 61.2 Å². The summed E-state index contributed by atoms with van der Waals surface area (Å²) in [5.74, 6) is -0.231. The number of carbonyl (C=O) groups is 3. The molecule has 7 heteroatoms. The van der Waals surface area contributed by atoms with Crippen molar-refractivity contribution in [2.24, 2.45) is 5.92 Å². The second-order valence-corrected chi connectivity index (χ2v) is 8.64. The molecule has 1 atom stereocenters. The van der Waals surface area contributed by atoms with Gasteiger partial charge in [0.05, 0.1) is 5.92 Å². The first-order valence-electron chi connectivity index (χ1n) is 10.7. The molecule has 0 aliphatic carbocycles. The molecule has 1 N–H and O–H groups in total. The van der Waals surface area contributed by atoms with Crippen molar-refractivity contribution in [1.82, 2.24) is 9.80 Å². The number of anilines is 1. The van der Waals surface area contributed by atoms with E-state index in [2.05, 4.69) is 5.32 Å². The van der Waals surface area contributed by atoms with Crippen molar-refractivity contribution in [3.8, 4) is 0 Å². The largest absolute Gasteiger partial charge is 0.338 e. The van der Waals surface area contributed by atoms with Crippen LogP contribution in [0.3, 0.4) is 0 Å². The summed E-state index contributed by atoms with van der Waals surface area (Å²) in [5.41, 5.74) is 2.29. The Labute approximate surface area is 187 Å². The summed E-state index contributed by atoms with van der Waals surface area (Å²) in [6.07, 6.45) is 3.05. The van der Waals surface area contributed by atoms with Crippen molar-refractivity contribution >= 4 is 35.0 Å². The van der Waals surface area contributed by atoms with Gasteiger partial charge in [0.2, 0.25) is 11.8 Å². The lowest BCUT2D eigenvalue weighted by Gasteiger charge is -2.32. The molecule has 1 unspecified atom stereocenters. The highest BCUT2D eigenvalue weighted by atomic mass is 35.5. The lowest BCUT2D eigenvalue weighted by atomic mass is 9.96. The van der Waals surface area contributed by atoms with Crippen LogP contribution in [0.4, 0.5) is 5.69 Å². The van der Waals surface area contributed by atoms with Crippen LogP contribution in [0.1, 0.15) is 41.6 Å². The standard InChI is InChI=1S/C24H26ClN3O3/c25-20-10-8-18(9-11-20)24(31)28-13-2-5-19(16-28)23(30)26-21-6-1-4-17(14-21)15-27-12-3-7-22(27)29/h1,4,6,8-11,14,19H,2-3,5,7,12-13,15-16H2,(H,26,30). The van der Waals surface area contributed by atoms with Crippen molar-refractivity contribution < 1.29 is 14.4 Å². The molecule has 2 aliphatic heterocycles. The smallest absolute Gasteiger partial charge is 0.253 e. The number of nitrogens with zero attached hydrogens (tertiary/aromatic N) is 2. The van der Waals surface area contributed by atoms with Crippen LogP contribution in [-0.2, 0) is 16.1 Å². The lowest BCUT2D eigenvalue weighted by molar-refractivity contribution is -0.128. The topological polar surface area (TPSA) is 69.7 Å². The molecule has 2 aliphatic rings. The molecule has 0 saturated carbocycles. The van der Waals surface area contributed by atoms with Crippen LogP contribution in [-0.4, -0.2) is 47.2 Å². The Hall–Kier alpha value is -2.86. The number of nitrogens with one attached hydrogen (secondary N) is 1. The quantitative estimate of drug-likeness (QED) is 0.766. The van der Waals surface area contributed by atoms with Gasteiger partial charge in [0.1, 0.15) is 0 Å². The van der Waals surface area contributed by atoms with E-state index in [1.54, 1.807) is 29.2 Å². The minimum absolute atomic E-state index is 0.0774. The van der Waals surface area contributed by atoms with E-state index in [0.29, 0.717) is 36.6 Å². The number of carbonyl (C=O) groups excluding carboxylic acids is 3. The van der Waals surface area contributed by atoms with Gasteiger partial charge in [0.25, 0.3) is 5.91 Å². The maximum Gasteiger partial charge on any atom is 0.253 e. The summed E-state index contributed by atoms with van der Waals surface area (Å²) in [6, 6.07) is 14.5. The van der Waals surface area contributed by atoms with E-state index in [-0.39, 0.29) is 23.6 Å². The molecule has 0 aromatic heterocycles. The van der Waals surface area contributed by atoms with E-state index >= 15 is 0 Å². The van der Waals surface area contributed by atoms with Crippen LogP contribution < -0.4 is 5.32 Å². The number of benzene rings is 2. The average Bonchev–Trinajstić information content (AvgIpc) is 3.18. The Balaban J connectivity index is 1.37. The Morgan fingerprint density at radius 1 is 1.06 bits per heavy atom. The maximum atomic E-state index is 12.9. The zero-order valence-electron chi connectivity index (χ0n) is 17.4. The first kappa shape index (κ1) is 21.4. The number of halogens is 1. The molecule has 2 aromatic rings. The first-order chi connectivity index (χ1) is 15.0. The molecule has 2 heterocycles. The van der Waals surface area contributed by atoms with Crippen molar-refractivity contribution in [1.29, 1.82) is 0 Å². The molecule has 31 heavy (non-hydrogen) atoms. The van der Waals surface area contributed by atoms with Crippen LogP contribution in [0.5, 0.6) is 0 Å². The fourth-order valence-corrected chi connectivity index (χ4v) is 4.36. The van der Waals surface area contributed by atoms with Gasteiger partial charge in [-0.25, -0.2) is 0 Å². The van der Waals surface area contributed by atoms with Gasteiger partial charge in [-0.2, -0.15) is 0 Å². The molecule has 0 radical (unpaired) electrons. The maximum absolute atomic E-state index is 12.9. The minimum atomic E-state index is -0.256. The number of hydrogen-bond donors (Lipinski definition) is 1. The van der Waals surface area contributed by atoms with Gasteiger partial charge < -0.3 is 15.1 Å². The Bertz CT molecular complexity index is 976. The molecule has 0 spiro atoms. The van der Waals surface area contributed by atoms with Crippen molar-refractivity contribution in [2.45, 2.75) is 32.2 Å². The van der Waals surface area contributed by atoms with Crippen molar-refractivity contribution in [3.63, 3.8) is 0 Å². The van der Waals surface area contributed by atoms with Crippen LogP contribution in [0.15, 0.2) is 48.5 Å². The zero-order chi connectivity index (χ0) is 21.8. The van der Waals surface area contributed by atoms with E-state index in [1.165, 1.54) is 0 Å². The number of amides is 3. The molecule has 162 valence electrons. The van der Waals surface area contributed by atoms with Gasteiger partial charge >= 0.3 is 0 Å². The molecular formula is C24H26ClN3O3. The third-order valence-electron chi connectivity index (χ3n) is 5.91. The fourth-order valence-electron chi connectivity index (χ4n) is 4.23.